The number of aromatic nitrogens is 1. The van der Waals surface area contributed by atoms with Crippen LogP contribution in [0.4, 0.5) is 18.9 Å². The summed E-state index contributed by atoms with van der Waals surface area (Å²) >= 11 is 5.75. The van der Waals surface area contributed by atoms with Crippen molar-refractivity contribution in [2.75, 3.05) is 5.32 Å². The Morgan fingerprint density at radius 3 is 2.43 bits per heavy atom. The molecule has 0 spiro atoms. The Labute approximate surface area is 135 Å². The van der Waals surface area contributed by atoms with Crippen LogP contribution in [0.2, 0.25) is 5.02 Å². The molecule has 118 valence electrons. The van der Waals surface area contributed by atoms with E-state index in [1.165, 1.54) is 24.3 Å². The third kappa shape index (κ3) is 3.56. The Balaban J connectivity index is 1.95. The molecule has 23 heavy (non-hydrogen) atoms. The van der Waals surface area contributed by atoms with E-state index in [-0.39, 0.29) is 5.56 Å². The van der Waals surface area contributed by atoms with Gasteiger partial charge in [0, 0.05) is 22.3 Å². The van der Waals surface area contributed by atoms with Gasteiger partial charge in [-0.05, 0) is 42.0 Å². The average molecular weight is 337 g/mol. The predicted octanol–water partition coefficient (Wildman–Crippen LogP) is 5.60. The molecule has 0 aliphatic heterocycles. The summed E-state index contributed by atoms with van der Waals surface area (Å²) in [5.74, 6) is 0. The zero-order valence-electron chi connectivity index (χ0n) is 11.8. The van der Waals surface area contributed by atoms with E-state index in [9.17, 15) is 13.2 Å². The van der Waals surface area contributed by atoms with Crippen molar-refractivity contribution in [1.82, 2.24) is 4.98 Å². The summed E-state index contributed by atoms with van der Waals surface area (Å²) in [5, 5.41) is 3.72. The first-order valence-electron chi connectivity index (χ1n) is 6.87. The average Bonchev–Trinajstić information content (AvgIpc) is 2.52. The molecular weight excluding hydrogens is 325 g/mol. The van der Waals surface area contributed by atoms with Crippen LogP contribution >= 0.6 is 11.6 Å². The Kier molecular flexibility index (Phi) is 4.13. The predicted molar refractivity (Wildman–Crippen MR) is 85.6 cm³/mol. The summed E-state index contributed by atoms with van der Waals surface area (Å²) in [6.45, 7) is 0. The zero-order valence-corrected chi connectivity index (χ0v) is 12.6. The number of fused-ring (bicyclic) bond motifs is 1. The molecule has 1 heterocycles. The second kappa shape index (κ2) is 6.08. The second-order valence-corrected chi connectivity index (χ2v) is 5.52. The molecule has 0 aliphatic rings. The minimum atomic E-state index is -4.43. The van der Waals surface area contributed by atoms with Crippen LogP contribution < -0.4 is 5.32 Å². The molecule has 2 aromatic carbocycles. The van der Waals surface area contributed by atoms with Gasteiger partial charge in [0.2, 0.25) is 0 Å². The number of hydrogen-bond acceptors (Lipinski definition) is 2. The summed E-state index contributed by atoms with van der Waals surface area (Å²) in [5.41, 5.74) is 1.21. The maximum Gasteiger partial charge on any atom is 0.412 e. The van der Waals surface area contributed by atoms with E-state index in [0.717, 1.165) is 10.9 Å². The van der Waals surface area contributed by atoms with Gasteiger partial charge in [-0.15, -0.1) is 0 Å². The highest BCUT2D eigenvalue weighted by Gasteiger charge is 2.40. The van der Waals surface area contributed by atoms with E-state index < -0.39 is 12.2 Å². The van der Waals surface area contributed by atoms with E-state index in [1.807, 2.05) is 0 Å². The minimum absolute atomic E-state index is 0.105. The molecule has 1 N–H and O–H groups in total. The van der Waals surface area contributed by atoms with Crippen molar-refractivity contribution in [3.05, 3.63) is 71.4 Å². The summed E-state index contributed by atoms with van der Waals surface area (Å²) < 4.78 is 40.2. The number of hydrogen-bond donors (Lipinski definition) is 1. The smallest absolute Gasteiger partial charge is 0.370 e. The minimum Gasteiger partial charge on any atom is -0.370 e. The number of alkyl halides is 3. The summed E-state index contributed by atoms with van der Waals surface area (Å²) in [7, 11) is 0. The number of pyridine rings is 1. The lowest BCUT2D eigenvalue weighted by Gasteiger charge is -2.23. The van der Waals surface area contributed by atoms with Crippen LogP contribution in [-0.4, -0.2) is 11.2 Å². The van der Waals surface area contributed by atoms with Crippen molar-refractivity contribution in [3.8, 4) is 0 Å². The third-order valence-electron chi connectivity index (χ3n) is 3.44. The van der Waals surface area contributed by atoms with E-state index in [0.29, 0.717) is 10.7 Å². The molecule has 0 bridgehead atoms. The van der Waals surface area contributed by atoms with Gasteiger partial charge in [0.1, 0.15) is 6.04 Å². The van der Waals surface area contributed by atoms with Crippen molar-refractivity contribution < 1.29 is 13.2 Å². The maximum absolute atomic E-state index is 13.4. The Morgan fingerprint density at radius 1 is 1.00 bits per heavy atom. The molecule has 0 saturated carbocycles. The van der Waals surface area contributed by atoms with Gasteiger partial charge in [-0.25, -0.2) is 0 Å². The van der Waals surface area contributed by atoms with Gasteiger partial charge in [-0.3, -0.25) is 4.98 Å². The molecule has 3 aromatic rings. The fraction of sp³-hybridized carbons (Fsp3) is 0.118. The van der Waals surface area contributed by atoms with Gasteiger partial charge in [0.25, 0.3) is 0 Å². The molecule has 0 fully saturated rings. The van der Waals surface area contributed by atoms with Crippen LogP contribution in [0.25, 0.3) is 10.9 Å². The number of rotatable bonds is 3. The fourth-order valence-corrected chi connectivity index (χ4v) is 2.47. The molecule has 3 rings (SSSR count). The first kappa shape index (κ1) is 15.6. The molecule has 1 unspecified atom stereocenters. The molecule has 0 aliphatic carbocycles. The third-order valence-corrected chi connectivity index (χ3v) is 3.70. The molecule has 2 nitrogen and oxygen atoms in total. The molecule has 1 aromatic heterocycles. The van der Waals surface area contributed by atoms with Crippen molar-refractivity contribution in [2.24, 2.45) is 0 Å². The van der Waals surface area contributed by atoms with E-state index >= 15 is 0 Å². The fourth-order valence-electron chi connectivity index (χ4n) is 2.34. The standard InChI is InChI=1S/C17H12ClF3N2/c18-13-5-3-11(4-6-13)16(17(19,20)21)23-14-7-8-15-12(10-14)2-1-9-22-15/h1-10,16,23H. The van der Waals surface area contributed by atoms with Gasteiger partial charge in [-0.2, -0.15) is 13.2 Å². The van der Waals surface area contributed by atoms with Crippen LogP contribution in [0, 0.1) is 0 Å². The normalized spacial score (nSPS) is 13.0. The monoisotopic (exact) mass is 336 g/mol. The van der Waals surface area contributed by atoms with E-state index in [4.69, 9.17) is 11.6 Å². The lowest BCUT2D eigenvalue weighted by atomic mass is 10.1. The van der Waals surface area contributed by atoms with Crippen LogP contribution in [0.15, 0.2) is 60.8 Å². The summed E-state index contributed by atoms with van der Waals surface area (Å²) in [6.07, 6.45) is -2.79. The molecule has 1 atom stereocenters. The molecular formula is C17H12ClF3N2. The van der Waals surface area contributed by atoms with Crippen molar-refractivity contribution in [3.63, 3.8) is 0 Å². The van der Waals surface area contributed by atoms with Gasteiger partial charge < -0.3 is 5.32 Å². The lowest BCUT2D eigenvalue weighted by Crippen LogP contribution is -2.27. The Hall–Kier alpha value is -2.27. The largest absolute Gasteiger partial charge is 0.412 e. The van der Waals surface area contributed by atoms with Crippen LogP contribution in [0.5, 0.6) is 0 Å². The maximum atomic E-state index is 13.4. The lowest BCUT2D eigenvalue weighted by molar-refractivity contribution is -0.144. The number of nitrogens with one attached hydrogen (secondary N) is 1. The van der Waals surface area contributed by atoms with Crippen LogP contribution in [0.1, 0.15) is 11.6 Å². The zero-order chi connectivity index (χ0) is 16.4. The first-order chi connectivity index (χ1) is 10.9. The number of anilines is 1. The first-order valence-corrected chi connectivity index (χ1v) is 7.25. The van der Waals surface area contributed by atoms with Gasteiger partial charge in [-0.1, -0.05) is 29.8 Å². The highest BCUT2D eigenvalue weighted by molar-refractivity contribution is 6.30. The van der Waals surface area contributed by atoms with Gasteiger partial charge >= 0.3 is 6.18 Å². The molecule has 0 saturated heterocycles. The van der Waals surface area contributed by atoms with Crippen LogP contribution in [0.3, 0.4) is 0 Å². The van der Waals surface area contributed by atoms with E-state index in [2.05, 4.69) is 10.3 Å². The topological polar surface area (TPSA) is 24.9 Å². The second-order valence-electron chi connectivity index (χ2n) is 5.08. The number of benzene rings is 2. The molecule has 0 radical (unpaired) electrons. The van der Waals surface area contributed by atoms with E-state index in [1.54, 1.807) is 36.5 Å². The van der Waals surface area contributed by atoms with Crippen molar-refractivity contribution in [1.29, 1.82) is 0 Å². The number of nitrogens with zero attached hydrogens (tertiary/aromatic N) is 1. The highest BCUT2D eigenvalue weighted by Crippen LogP contribution is 2.36. The molecule has 0 amide bonds. The van der Waals surface area contributed by atoms with Crippen molar-refractivity contribution in [2.45, 2.75) is 12.2 Å². The molecule has 6 heteroatoms. The summed E-state index contributed by atoms with van der Waals surface area (Å²) in [4.78, 5) is 4.15. The quantitative estimate of drug-likeness (QED) is 0.673. The highest BCUT2D eigenvalue weighted by atomic mass is 35.5. The van der Waals surface area contributed by atoms with Crippen LogP contribution in [-0.2, 0) is 0 Å². The Morgan fingerprint density at radius 2 is 1.74 bits per heavy atom. The summed E-state index contributed by atoms with van der Waals surface area (Å²) in [6, 6.07) is 12.3. The van der Waals surface area contributed by atoms with Crippen molar-refractivity contribution >= 4 is 28.2 Å². The van der Waals surface area contributed by atoms with Gasteiger partial charge in [0.05, 0.1) is 5.52 Å². The number of halogens is 4. The SMILES string of the molecule is FC(F)(F)C(Nc1ccc2ncccc2c1)c1ccc(Cl)cc1. The van der Waals surface area contributed by atoms with Gasteiger partial charge in [0.15, 0.2) is 0 Å². The Bertz CT molecular complexity index is 816.